The zero-order valence-electron chi connectivity index (χ0n) is 21.4. The van der Waals surface area contributed by atoms with E-state index in [0.717, 1.165) is 23.1 Å². The van der Waals surface area contributed by atoms with Crippen LogP contribution in [0.5, 0.6) is 0 Å². The van der Waals surface area contributed by atoms with E-state index in [0.29, 0.717) is 24.4 Å². The number of halogens is 1. The summed E-state index contributed by atoms with van der Waals surface area (Å²) in [5, 5.41) is 14.3. The van der Waals surface area contributed by atoms with Crippen LogP contribution >= 0.6 is 11.6 Å². The molecule has 0 heterocycles. The number of carbonyl (C=O) groups excluding carboxylic acids is 1. The molecule has 0 aromatic heterocycles. The molecule has 0 spiro atoms. The van der Waals surface area contributed by atoms with Crippen molar-refractivity contribution in [3.63, 3.8) is 0 Å². The molecule has 0 aliphatic heterocycles. The Labute approximate surface area is 224 Å². The van der Waals surface area contributed by atoms with E-state index in [1.165, 1.54) is 6.07 Å². The van der Waals surface area contributed by atoms with Crippen molar-refractivity contribution in [1.82, 2.24) is 5.32 Å². The Bertz CT molecular complexity index is 1310. The first kappa shape index (κ1) is 28.9. The first-order valence-corrected chi connectivity index (χ1v) is 14.3. The predicted octanol–water partition coefficient (Wildman–Crippen LogP) is 5.56. The molecule has 0 amide bonds. The lowest BCUT2D eigenvalue weighted by Gasteiger charge is -2.18. The van der Waals surface area contributed by atoms with Crippen LogP contribution in [0.25, 0.3) is 0 Å². The van der Waals surface area contributed by atoms with E-state index < -0.39 is 21.9 Å². The number of carbonyl (C=O) groups is 1. The summed E-state index contributed by atoms with van der Waals surface area (Å²) in [4.78, 5) is 12.6. The maximum absolute atomic E-state index is 13.5. The maximum atomic E-state index is 13.5. The molecule has 2 atom stereocenters. The molecular weight excluding hydrogens is 510 g/mol. The van der Waals surface area contributed by atoms with Gasteiger partial charge in [0, 0.05) is 17.6 Å². The molecule has 0 radical (unpaired) electrons. The largest absolute Gasteiger partial charge is 0.462 e. The highest BCUT2D eigenvalue weighted by atomic mass is 35.5. The molecule has 0 saturated heterocycles. The van der Waals surface area contributed by atoms with Gasteiger partial charge in [-0.25, -0.2) is 13.2 Å². The number of sulfone groups is 1. The van der Waals surface area contributed by atoms with Gasteiger partial charge in [0.25, 0.3) is 0 Å². The smallest absolute Gasteiger partial charge is 0.339 e. The van der Waals surface area contributed by atoms with E-state index in [2.05, 4.69) is 5.32 Å². The summed E-state index contributed by atoms with van der Waals surface area (Å²) in [6, 6.07) is 18.7. The van der Waals surface area contributed by atoms with Gasteiger partial charge >= 0.3 is 5.97 Å². The van der Waals surface area contributed by atoms with Crippen molar-refractivity contribution >= 4 is 27.4 Å². The minimum absolute atomic E-state index is 0.0327. The molecule has 3 aromatic rings. The first-order valence-electron chi connectivity index (χ1n) is 12.5. The van der Waals surface area contributed by atoms with Crippen molar-refractivity contribution in [2.75, 3.05) is 13.2 Å². The molecule has 0 bridgehead atoms. The van der Waals surface area contributed by atoms with Crippen molar-refractivity contribution in [2.24, 2.45) is 0 Å². The third-order valence-electron chi connectivity index (χ3n) is 6.04. The van der Waals surface area contributed by atoms with E-state index in [1.54, 1.807) is 61.5 Å². The van der Waals surface area contributed by atoms with Crippen LogP contribution in [0.15, 0.2) is 76.5 Å². The van der Waals surface area contributed by atoms with Gasteiger partial charge in [-0.2, -0.15) is 0 Å². The van der Waals surface area contributed by atoms with E-state index in [1.807, 2.05) is 19.9 Å². The molecule has 8 heteroatoms. The second-order valence-electron chi connectivity index (χ2n) is 9.03. The monoisotopic (exact) mass is 543 g/mol. The van der Waals surface area contributed by atoms with E-state index in [9.17, 15) is 18.3 Å². The molecule has 3 rings (SSSR count). The Kier molecular flexibility index (Phi) is 10.3. The lowest BCUT2D eigenvalue weighted by molar-refractivity contribution is 0.0522. The SMILES string of the molecule is CCCc1ccc(C(=O)OCC)c(S(=O)(=O)c2ccc(C[C@@H](C)NC[C@H](O)c3cccc(Cl)c3)cc2)c1. The van der Waals surface area contributed by atoms with Gasteiger partial charge in [-0.3, -0.25) is 0 Å². The molecule has 6 nitrogen and oxygen atoms in total. The van der Waals surface area contributed by atoms with E-state index in [-0.39, 0.29) is 28.0 Å². The molecule has 0 aliphatic rings. The Hall–Kier alpha value is -2.71. The fraction of sp³-hybridized carbons (Fsp3) is 0.345. The Balaban J connectivity index is 1.73. The van der Waals surface area contributed by atoms with Gasteiger partial charge in [-0.15, -0.1) is 0 Å². The zero-order valence-corrected chi connectivity index (χ0v) is 23.0. The fourth-order valence-electron chi connectivity index (χ4n) is 4.11. The van der Waals surface area contributed by atoms with Crippen LogP contribution < -0.4 is 5.32 Å². The van der Waals surface area contributed by atoms with Crippen LogP contribution in [0.3, 0.4) is 0 Å². The summed E-state index contributed by atoms with van der Waals surface area (Å²) in [7, 11) is -3.93. The molecule has 3 aromatic carbocycles. The predicted molar refractivity (Wildman–Crippen MR) is 146 cm³/mol. The fourth-order valence-corrected chi connectivity index (χ4v) is 5.81. The number of aliphatic hydroxyl groups excluding tert-OH is 1. The Morgan fingerprint density at radius 2 is 1.73 bits per heavy atom. The lowest BCUT2D eigenvalue weighted by atomic mass is 10.1. The van der Waals surface area contributed by atoms with Crippen LogP contribution in [0.1, 0.15) is 60.3 Å². The average Bonchev–Trinajstić information content (AvgIpc) is 2.88. The average molecular weight is 544 g/mol. The van der Waals surface area contributed by atoms with Crippen LogP contribution in [-0.2, 0) is 27.4 Å². The van der Waals surface area contributed by atoms with Gasteiger partial charge in [-0.1, -0.05) is 55.3 Å². The summed E-state index contributed by atoms with van der Waals surface area (Å²) in [5.41, 5.74) is 2.58. The van der Waals surface area contributed by atoms with Crippen molar-refractivity contribution < 1.29 is 23.1 Å². The summed E-state index contributed by atoms with van der Waals surface area (Å²) >= 11 is 6.01. The second-order valence-corrected chi connectivity index (χ2v) is 11.4. The summed E-state index contributed by atoms with van der Waals surface area (Å²) in [6.45, 7) is 6.22. The van der Waals surface area contributed by atoms with Gasteiger partial charge in [0.2, 0.25) is 9.84 Å². The normalized spacial score (nSPS) is 13.2. The molecule has 0 aliphatic carbocycles. The number of ether oxygens (including phenoxy) is 1. The quantitative estimate of drug-likeness (QED) is 0.291. The number of nitrogens with one attached hydrogen (secondary N) is 1. The van der Waals surface area contributed by atoms with Crippen LogP contribution in [0.2, 0.25) is 5.02 Å². The topological polar surface area (TPSA) is 92.7 Å². The third kappa shape index (κ3) is 7.65. The molecule has 2 N–H and O–H groups in total. The Morgan fingerprint density at radius 1 is 1.03 bits per heavy atom. The van der Waals surface area contributed by atoms with Crippen molar-refractivity contribution in [3.05, 3.63) is 94.0 Å². The summed E-state index contributed by atoms with van der Waals surface area (Å²) < 4.78 is 32.2. The standard InChI is InChI=1S/C29H34ClNO5S/c1-4-7-21-12-15-26(29(33)36-5-2)28(17-21)37(34,35)25-13-10-22(11-14-25)16-20(3)31-19-27(32)23-8-6-9-24(30)18-23/h6,8-15,17-18,20,27,31-32H,4-5,7,16,19H2,1-3H3/t20-,27+/m1/s1. The number of aryl methyl sites for hydroxylation is 1. The van der Waals surface area contributed by atoms with Crippen LogP contribution in [0.4, 0.5) is 0 Å². The third-order valence-corrected chi connectivity index (χ3v) is 8.08. The van der Waals surface area contributed by atoms with E-state index in [4.69, 9.17) is 16.3 Å². The number of benzene rings is 3. The minimum atomic E-state index is -3.93. The maximum Gasteiger partial charge on any atom is 0.339 e. The molecule has 0 saturated carbocycles. The van der Waals surface area contributed by atoms with Gasteiger partial charge < -0.3 is 15.2 Å². The van der Waals surface area contributed by atoms with Crippen LogP contribution in [0, 0.1) is 0 Å². The molecule has 0 fully saturated rings. The highest BCUT2D eigenvalue weighted by Gasteiger charge is 2.26. The number of hydrogen-bond acceptors (Lipinski definition) is 6. The van der Waals surface area contributed by atoms with Gasteiger partial charge in [0.05, 0.1) is 28.1 Å². The number of hydrogen-bond donors (Lipinski definition) is 2. The molecule has 37 heavy (non-hydrogen) atoms. The van der Waals surface area contributed by atoms with Crippen molar-refractivity contribution in [1.29, 1.82) is 0 Å². The highest BCUT2D eigenvalue weighted by molar-refractivity contribution is 7.91. The van der Waals surface area contributed by atoms with Crippen molar-refractivity contribution in [2.45, 2.75) is 62.0 Å². The first-order chi connectivity index (χ1) is 17.6. The molecule has 0 unspecified atom stereocenters. The minimum Gasteiger partial charge on any atom is -0.462 e. The van der Waals surface area contributed by atoms with Gasteiger partial charge in [-0.05, 0) is 79.8 Å². The van der Waals surface area contributed by atoms with E-state index >= 15 is 0 Å². The van der Waals surface area contributed by atoms with Crippen LogP contribution in [-0.4, -0.2) is 38.7 Å². The number of rotatable bonds is 12. The lowest BCUT2D eigenvalue weighted by Crippen LogP contribution is -2.32. The van der Waals surface area contributed by atoms with Gasteiger partial charge in [0.1, 0.15) is 0 Å². The highest BCUT2D eigenvalue weighted by Crippen LogP contribution is 2.27. The number of esters is 1. The van der Waals surface area contributed by atoms with Crippen molar-refractivity contribution in [3.8, 4) is 0 Å². The second kappa shape index (κ2) is 13.2. The Morgan fingerprint density at radius 3 is 2.38 bits per heavy atom. The summed E-state index contributed by atoms with van der Waals surface area (Å²) in [6.07, 6.45) is 1.52. The molecular formula is C29H34ClNO5S. The number of aliphatic hydroxyl groups is 1. The summed E-state index contributed by atoms with van der Waals surface area (Å²) in [5.74, 6) is -0.652. The zero-order chi connectivity index (χ0) is 27.0. The molecule has 198 valence electrons. The van der Waals surface area contributed by atoms with Gasteiger partial charge in [0.15, 0.2) is 0 Å².